The molecule has 62 valence electrons. The summed E-state index contributed by atoms with van der Waals surface area (Å²) in [5.74, 6) is 0. The van der Waals surface area contributed by atoms with Crippen molar-refractivity contribution in [3.63, 3.8) is 0 Å². The van der Waals surface area contributed by atoms with Crippen LogP contribution in [0.4, 0.5) is 0 Å². The van der Waals surface area contributed by atoms with Crippen molar-refractivity contribution in [3.05, 3.63) is 10.1 Å². The first kappa shape index (κ1) is 11.3. The molecule has 0 bridgehead atoms. The first-order valence-corrected chi connectivity index (χ1v) is 4.16. The Morgan fingerprint density at radius 2 is 1.73 bits per heavy atom. The molecular weight excluding hydrogens is 222 g/mol. The van der Waals surface area contributed by atoms with Crippen molar-refractivity contribution in [3.8, 4) is 0 Å². The average molecular weight is 227 g/mol. The number of thiocarbonyl (C=S) groups is 2. The van der Waals surface area contributed by atoms with E-state index >= 15 is 0 Å². The maximum absolute atomic E-state index is 10.4. The smallest absolute Gasteiger partial charge is 0.263 e. The lowest BCUT2D eigenvalue weighted by molar-refractivity contribution is -0.518. The van der Waals surface area contributed by atoms with E-state index < -0.39 is 10.5 Å². The molecule has 0 aliphatic heterocycles. The van der Waals surface area contributed by atoms with E-state index in [1.54, 1.807) is 0 Å². The minimum absolute atomic E-state index is 0.0810. The molecule has 11 heavy (non-hydrogen) atoms. The van der Waals surface area contributed by atoms with Gasteiger partial charge in [-0.2, -0.15) is 0 Å². The van der Waals surface area contributed by atoms with Crippen molar-refractivity contribution in [2.45, 2.75) is 12.5 Å². The Morgan fingerprint density at radius 1 is 1.45 bits per heavy atom. The van der Waals surface area contributed by atoms with Gasteiger partial charge in [-0.15, -0.1) is 25.3 Å². The van der Waals surface area contributed by atoms with Gasteiger partial charge in [0.05, 0.1) is 0 Å². The number of hydrogen-bond acceptors (Lipinski definition) is 4. The first-order valence-electron chi connectivity index (χ1n) is 2.44. The zero-order valence-electron chi connectivity index (χ0n) is 5.47. The van der Waals surface area contributed by atoms with Gasteiger partial charge in [0.1, 0.15) is 8.39 Å². The molecule has 0 aliphatic carbocycles. The van der Waals surface area contributed by atoms with Crippen LogP contribution in [-0.4, -0.2) is 18.9 Å². The minimum atomic E-state index is -1.59. The lowest BCUT2D eigenvalue weighted by atomic mass is 10.1. The molecule has 0 amide bonds. The van der Waals surface area contributed by atoms with Crippen molar-refractivity contribution in [2.24, 2.45) is 0 Å². The van der Waals surface area contributed by atoms with E-state index in [-0.39, 0.29) is 8.39 Å². The Kier molecular flexibility index (Phi) is 3.89. The van der Waals surface area contributed by atoms with Crippen LogP contribution in [0.3, 0.4) is 0 Å². The van der Waals surface area contributed by atoms with E-state index in [2.05, 4.69) is 49.7 Å². The molecule has 3 nitrogen and oxygen atoms in total. The summed E-state index contributed by atoms with van der Waals surface area (Å²) in [6.07, 6.45) is 0. The molecule has 0 unspecified atom stereocenters. The van der Waals surface area contributed by atoms with E-state index in [4.69, 9.17) is 0 Å². The minimum Gasteiger partial charge on any atom is -0.263 e. The Bertz CT molecular complexity index is 190. The fourth-order valence-electron chi connectivity index (χ4n) is 0.248. The largest absolute Gasteiger partial charge is 0.299 e. The van der Waals surface area contributed by atoms with Crippen LogP contribution in [0.5, 0.6) is 0 Å². The van der Waals surface area contributed by atoms with Gasteiger partial charge in [-0.05, 0) is 0 Å². The summed E-state index contributed by atoms with van der Waals surface area (Å²) in [4.78, 5) is 9.84. The molecule has 7 heteroatoms. The first-order chi connectivity index (χ1) is 4.83. The summed E-state index contributed by atoms with van der Waals surface area (Å²) in [6, 6.07) is 0. The molecule has 0 aliphatic rings. The van der Waals surface area contributed by atoms with Gasteiger partial charge >= 0.3 is 0 Å². The van der Waals surface area contributed by atoms with E-state index in [1.165, 1.54) is 6.92 Å². The van der Waals surface area contributed by atoms with Crippen LogP contribution in [-0.2, 0) is 0 Å². The third-order valence-electron chi connectivity index (χ3n) is 1.20. The molecule has 0 atom stereocenters. The summed E-state index contributed by atoms with van der Waals surface area (Å²) in [6.45, 7) is 1.28. The molecule has 0 spiro atoms. The fourth-order valence-corrected chi connectivity index (χ4v) is 1.29. The summed E-state index contributed by atoms with van der Waals surface area (Å²) < 4.78 is -0.162. The zero-order valence-corrected chi connectivity index (χ0v) is 8.90. The van der Waals surface area contributed by atoms with Crippen molar-refractivity contribution in [2.75, 3.05) is 0 Å². The number of hydrogen-bond donors (Lipinski definition) is 2. The van der Waals surface area contributed by atoms with Crippen LogP contribution in [0.15, 0.2) is 0 Å². The highest BCUT2D eigenvalue weighted by molar-refractivity contribution is 8.14. The van der Waals surface area contributed by atoms with E-state index in [0.717, 1.165) is 0 Å². The fraction of sp³-hybridized carbons (Fsp3) is 0.500. The Labute approximate surface area is 85.5 Å². The molecule has 0 N–H and O–H groups in total. The molecule has 0 aromatic rings. The lowest BCUT2D eigenvalue weighted by Gasteiger charge is -2.16. The second-order valence-electron chi connectivity index (χ2n) is 1.94. The SMILES string of the molecule is CC(C(=S)S)(C(=S)S)[N+](=O)[O-]. The van der Waals surface area contributed by atoms with Gasteiger partial charge in [0.25, 0.3) is 5.54 Å². The van der Waals surface area contributed by atoms with Gasteiger partial charge in [-0.1, -0.05) is 24.4 Å². The number of rotatable bonds is 3. The van der Waals surface area contributed by atoms with Gasteiger partial charge in [0, 0.05) is 11.8 Å². The van der Waals surface area contributed by atoms with Crippen LogP contribution in [0, 0.1) is 10.1 Å². The zero-order chi connectivity index (χ0) is 9.23. The summed E-state index contributed by atoms with van der Waals surface area (Å²) in [5.41, 5.74) is -1.59. The van der Waals surface area contributed by atoms with Gasteiger partial charge in [0.2, 0.25) is 0 Å². The van der Waals surface area contributed by atoms with Crippen LogP contribution in [0.2, 0.25) is 0 Å². The lowest BCUT2D eigenvalue weighted by Crippen LogP contribution is -2.44. The van der Waals surface area contributed by atoms with Crippen LogP contribution >= 0.6 is 49.7 Å². The maximum atomic E-state index is 10.4. The Hall–Kier alpha value is 0.280. The van der Waals surface area contributed by atoms with E-state index in [9.17, 15) is 10.1 Å². The van der Waals surface area contributed by atoms with Gasteiger partial charge in [0.15, 0.2) is 0 Å². The maximum Gasteiger partial charge on any atom is 0.299 e. The molecule has 0 saturated carbocycles. The predicted molar refractivity (Wildman–Crippen MR) is 58.6 cm³/mol. The highest BCUT2D eigenvalue weighted by Crippen LogP contribution is 2.19. The molecule has 0 saturated heterocycles. The number of thiol groups is 2. The van der Waals surface area contributed by atoms with E-state index in [1.807, 2.05) is 0 Å². The molecular formula is C4H5NO2S4. The Balaban J connectivity index is 4.99. The summed E-state index contributed by atoms with van der Waals surface area (Å²) in [5, 5.41) is 10.4. The van der Waals surface area contributed by atoms with E-state index in [0.29, 0.717) is 0 Å². The average Bonchev–Trinajstić information content (AvgIpc) is 1.84. The number of nitro groups is 1. The van der Waals surface area contributed by atoms with Crippen LogP contribution in [0.1, 0.15) is 6.92 Å². The van der Waals surface area contributed by atoms with Crippen molar-refractivity contribution < 1.29 is 4.92 Å². The third-order valence-corrected chi connectivity index (χ3v) is 2.86. The summed E-state index contributed by atoms with van der Waals surface area (Å²) >= 11 is 16.6. The molecule has 0 aromatic heterocycles. The van der Waals surface area contributed by atoms with Crippen molar-refractivity contribution in [1.82, 2.24) is 0 Å². The molecule has 0 heterocycles. The van der Waals surface area contributed by atoms with Gasteiger partial charge in [-0.25, -0.2) is 0 Å². The standard InChI is InChI=1S/C4H5NO2S4/c1-4(2(8)9,3(10)11)5(6)7/h1H3,(H,8,9)(H,10,11). The van der Waals surface area contributed by atoms with Gasteiger partial charge < -0.3 is 0 Å². The normalized spacial score (nSPS) is 10.8. The highest BCUT2D eigenvalue weighted by atomic mass is 32.1. The molecule has 0 radical (unpaired) electrons. The molecule has 0 fully saturated rings. The van der Waals surface area contributed by atoms with Crippen molar-refractivity contribution in [1.29, 1.82) is 0 Å². The number of nitrogens with zero attached hydrogens (tertiary/aromatic N) is 1. The second kappa shape index (κ2) is 3.79. The van der Waals surface area contributed by atoms with Crippen LogP contribution < -0.4 is 0 Å². The van der Waals surface area contributed by atoms with Crippen LogP contribution in [0.25, 0.3) is 0 Å². The summed E-state index contributed by atoms with van der Waals surface area (Å²) in [7, 11) is 0. The monoisotopic (exact) mass is 227 g/mol. The second-order valence-corrected chi connectivity index (χ2v) is 4.26. The molecule has 0 aromatic carbocycles. The predicted octanol–water partition coefficient (Wildman–Crippen LogP) is 1.54. The highest BCUT2D eigenvalue weighted by Gasteiger charge is 2.43. The Morgan fingerprint density at radius 3 is 1.73 bits per heavy atom. The van der Waals surface area contributed by atoms with Gasteiger partial charge in [-0.3, -0.25) is 10.1 Å². The quantitative estimate of drug-likeness (QED) is 0.332. The van der Waals surface area contributed by atoms with Crippen molar-refractivity contribution >= 4 is 58.1 Å². The molecule has 0 rings (SSSR count). The third kappa shape index (κ3) is 2.11. The topological polar surface area (TPSA) is 43.1 Å².